The van der Waals surface area contributed by atoms with Crippen molar-refractivity contribution in [2.75, 3.05) is 19.7 Å². The third kappa shape index (κ3) is 4.74. The van der Waals surface area contributed by atoms with Crippen molar-refractivity contribution in [3.63, 3.8) is 0 Å². The Morgan fingerprint density at radius 2 is 1.88 bits per heavy atom. The number of hydrogen-bond acceptors (Lipinski definition) is 3. The number of sulfonamides is 1. The Morgan fingerprint density at radius 3 is 2.56 bits per heavy atom. The molecule has 1 aliphatic rings. The summed E-state index contributed by atoms with van der Waals surface area (Å²) in [6.07, 6.45) is -0.378. The first-order valence-electron chi connectivity index (χ1n) is 7.94. The van der Waals surface area contributed by atoms with Gasteiger partial charge in [-0.2, -0.15) is 4.31 Å². The van der Waals surface area contributed by atoms with Gasteiger partial charge in [-0.3, -0.25) is 0 Å². The molecule has 0 amide bonds. The van der Waals surface area contributed by atoms with E-state index in [1.54, 1.807) is 18.2 Å². The van der Waals surface area contributed by atoms with E-state index in [-0.39, 0.29) is 18.4 Å². The maximum atomic E-state index is 12.8. The van der Waals surface area contributed by atoms with Crippen LogP contribution in [0, 0.1) is 6.92 Å². The summed E-state index contributed by atoms with van der Waals surface area (Å²) in [5, 5.41) is 1.01. The minimum atomic E-state index is -3.43. The largest absolute Gasteiger partial charge is 0.371 e. The Bertz CT molecular complexity index is 850. The Balaban J connectivity index is 1.78. The molecule has 7 heteroatoms. The van der Waals surface area contributed by atoms with E-state index in [2.05, 4.69) is 0 Å². The van der Waals surface area contributed by atoms with Crippen LogP contribution in [0.15, 0.2) is 42.5 Å². The van der Waals surface area contributed by atoms with Gasteiger partial charge in [-0.1, -0.05) is 53.0 Å². The first-order chi connectivity index (χ1) is 11.8. The average molecular weight is 400 g/mol. The second-order valence-corrected chi connectivity index (χ2v) is 9.01. The van der Waals surface area contributed by atoms with Crippen LogP contribution in [-0.2, 0) is 20.5 Å². The van der Waals surface area contributed by atoms with Crippen molar-refractivity contribution >= 4 is 33.2 Å². The van der Waals surface area contributed by atoms with Gasteiger partial charge in [0, 0.05) is 23.1 Å². The summed E-state index contributed by atoms with van der Waals surface area (Å²) >= 11 is 12.1. The smallest absolute Gasteiger partial charge is 0.218 e. The van der Waals surface area contributed by atoms with Gasteiger partial charge in [0.1, 0.15) is 0 Å². The third-order valence-electron chi connectivity index (χ3n) is 4.11. The van der Waals surface area contributed by atoms with Gasteiger partial charge in [0.25, 0.3) is 0 Å². The second-order valence-electron chi connectivity index (χ2n) is 6.17. The molecule has 1 fully saturated rings. The fourth-order valence-electron chi connectivity index (χ4n) is 2.94. The fraction of sp³-hybridized carbons (Fsp3) is 0.333. The molecule has 0 bridgehead atoms. The van der Waals surface area contributed by atoms with Gasteiger partial charge in [-0.25, -0.2) is 8.42 Å². The lowest BCUT2D eigenvalue weighted by atomic mass is 10.1. The number of aryl methyl sites for hydroxylation is 1. The summed E-state index contributed by atoms with van der Waals surface area (Å²) in [4.78, 5) is 0. The van der Waals surface area contributed by atoms with E-state index in [4.69, 9.17) is 27.9 Å². The summed E-state index contributed by atoms with van der Waals surface area (Å²) in [5.41, 5.74) is 2.61. The molecule has 2 aromatic carbocycles. The molecule has 0 saturated carbocycles. The van der Waals surface area contributed by atoms with Crippen molar-refractivity contribution in [2.24, 2.45) is 0 Å². The van der Waals surface area contributed by atoms with E-state index in [9.17, 15) is 8.42 Å². The first kappa shape index (κ1) is 18.7. The zero-order valence-corrected chi connectivity index (χ0v) is 16.1. The van der Waals surface area contributed by atoms with Crippen molar-refractivity contribution in [3.05, 3.63) is 69.2 Å². The quantitative estimate of drug-likeness (QED) is 0.773. The number of rotatable bonds is 4. The van der Waals surface area contributed by atoms with E-state index in [1.165, 1.54) is 4.31 Å². The van der Waals surface area contributed by atoms with Gasteiger partial charge >= 0.3 is 0 Å². The lowest BCUT2D eigenvalue weighted by molar-refractivity contribution is -0.00259. The summed E-state index contributed by atoms with van der Waals surface area (Å²) in [6, 6.07) is 12.7. The first-order valence-corrected chi connectivity index (χ1v) is 10.3. The zero-order chi connectivity index (χ0) is 18.0. The highest BCUT2D eigenvalue weighted by Gasteiger charge is 2.30. The number of halogens is 2. The molecular weight excluding hydrogens is 381 g/mol. The Hall–Kier alpha value is -1.11. The predicted octanol–water partition coefficient (Wildman–Crippen LogP) is 4.21. The minimum absolute atomic E-state index is 0.0162. The van der Waals surface area contributed by atoms with Gasteiger partial charge in [0.15, 0.2) is 0 Å². The van der Waals surface area contributed by atoms with E-state index >= 15 is 0 Å². The molecule has 0 aromatic heterocycles. The molecule has 1 unspecified atom stereocenters. The summed E-state index contributed by atoms with van der Waals surface area (Å²) in [5.74, 6) is -0.0162. The van der Waals surface area contributed by atoms with Crippen molar-refractivity contribution in [1.29, 1.82) is 0 Å². The van der Waals surface area contributed by atoms with Gasteiger partial charge in [0.05, 0.1) is 18.5 Å². The highest BCUT2D eigenvalue weighted by molar-refractivity contribution is 7.88. The number of benzene rings is 2. The second kappa shape index (κ2) is 7.64. The maximum absolute atomic E-state index is 12.8. The van der Waals surface area contributed by atoms with Crippen LogP contribution in [0.5, 0.6) is 0 Å². The molecule has 0 N–H and O–H groups in total. The molecule has 0 radical (unpaired) electrons. The van der Waals surface area contributed by atoms with Crippen LogP contribution in [0.25, 0.3) is 0 Å². The highest BCUT2D eigenvalue weighted by Crippen LogP contribution is 2.29. The average Bonchev–Trinajstić information content (AvgIpc) is 2.54. The predicted molar refractivity (Wildman–Crippen MR) is 101 cm³/mol. The normalized spacial score (nSPS) is 19.1. The molecule has 1 heterocycles. The van der Waals surface area contributed by atoms with Crippen LogP contribution in [0.4, 0.5) is 0 Å². The van der Waals surface area contributed by atoms with E-state index < -0.39 is 10.0 Å². The maximum Gasteiger partial charge on any atom is 0.218 e. The monoisotopic (exact) mass is 399 g/mol. The molecular formula is C18H19Cl2NO3S. The van der Waals surface area contributed by atoms with E-state index in [0.717, 1.165) is 16.7 Å². The number of nitrogens with zero attached hydrogens (tertiary/aromatic N) is 1. The van der Waals surface area contributed by atoms with E-state index in [0.29, 0.717) is 23.2 Å². The highest BCUT2D eigenvalue weighted by atomic mass is 35.5. The lowest BCUT2D eigenvalue weighted by Gasteiger charge is -2.32. The van der Waals surface area contributed by atoms with Crippen molar-refractivity contribution < 1.29 is 13.2 Å². The summed E-state index contributed by atoms with van der Waals surface area (Å²) < 4.78 is 32.8. The van der Waals surface area contributed by atoms with Crippen LogP contribution in [-0.4, -0.2) is 32.4 Å². The SMILES string of the molecule is Cc1cccc(CS(=O)(=O)N2CCOC(c3cc(Cl)cc(Cl)c3)C2)c1. The molecule has 2 aromatic rings. The van der Waals surface area contributed by atoms with E-state index in [1.807, 2.05) is 31.2 Å². The van der Waals surface area contributed by atoms with Crippen molar-refractivity contribution in [1.82, 2.24) is 4.31 Å². The Labute approximate surface area is 158 Å². The van der Waals surface area contributed by atoms with Gasteiger partial charge in [-0.15, -0.1) is 0 Å². The Morgan fingerprint density at radius 1 is 1.16 bits per heavy atom. The molecule has 1 aliphatic heterocycles. The Kier molecular flexibility index (Phi) is 5.71. The molecule has 134 valence electrons. The van der Waals surface area contributed by atoms with Crippen LogP contribution >= 0.6 is 23.2 Å². The standard InChI is InChI=1S/C18H19Cl2NO3S/c1-13-3-2-4-14(7-13)12-25(22,23)21-5-6-24-18(11-21)15-8-16(19)10-17(20)9-15/h2-4,7-10,18H,5-6,11-12H2,1H3. The lowest BCUT2D eigenvalue weighted by Crippen LogP contribution is -2.42. The minimum Gasteiger partial charge on any atom is -0.371 e. The van der Waals surface area contributed by atoms with Crippen molar-refractivity contribution in [2.45, 2.75) is 18.8 Å². The number of ether oxygens (including phenoxy) is 1. The number of morpholine rings is 1. The zero-order valence-electron chi connectivity index (χ0n) is 13.8. The van der Waals surface area contributed by atoms with Crippen LogP contribution < -0.4 is 0 Å². The van der Waals surface area contributed by atoms with Crippen LogP contribution in [0.1, 0.15) is 22.8 Å². The summed E-state index contributed by atoms with van der Waals surface area (Å²) in [6.45, 7) is 2.88. The molecule has 25 heavy (non-hydrogen) atoms. The van der Waals surface area contributed by atoms with Crippen molar-refractivity contribution in [3.8, 4) is 0 Å². The molecule has 0 aliphatic carbocycles. The summed E-state index contributed by atoms with van der Waals surface area (Å²) in [7, 11) is -3.43. The topological polar surface area (TPSA) is 46.6 Å². The van der Waals surface area contributed by atoms with Gasteiger partial charge in [0.2, 0.25) is 10.0 Å². The van der Waals surface area contributed by atoms with Gasteiger partial charge < -0.3 is 4.74 Å². The fourth-order valence-corrected chi connectivity index (χ4v) is 4.99. The van der Waals surface area contributed by atoms with Crippen LogP contribution in [0.2, 0.25) is 10.0 Å². The molecule has 1 atom stereocenters. The van der Waals surface area contributed by atoms with Gasteiger partial charge in [-0.05, 0) is 36.2 Å². The molecule has 0 spiro atoms. The molecule has 1 saturated heterocycles. The molecule has 4 nitrogen and oxygen atoms in total. The van der Waals surface area contributed by atoms with Crippen LogP contribution in [0.3, 0.4) is 0 Å². The number of hydrogen-bond donors (Lipinski definition) is 0. The molecule has 3 rings (SSSR count). The third-order valence-corrected chi connectivity index (χ3v) is 6.36.